The number of amides is 1. The number of hydrogen-bond acceptors (Lipinski definition) is 3. The van der Waals surface area contributed by atoms with Crippen molar-refractivity contribution < 1.29 is 18.3 Å². The summed E-state index contributed by atoms with van der Waals surface area (Å²) in [6.07, 6.45) is 1.08. The van der Waals surface area contributed by atoms with Crippen molar-refractivity contribution in [2.75, 3.05) is 6.54 Å². The second-order valence-corrected chi connectivity index (χ2v) is 5.03. The van der Waals surface area contributed by atoms with Crippen molar-refractivity contribution in [3.05, 3.63) is 29.8 Å². The molecule has 0 heterocycles. The molecule has 110 valence electrons. The average Bonchev–Trinajstić information content (AvgIpc) is 2.79. The van der Waals surface area contributed by atoms with Crippen LogP contribution < -0.4 is 15.8 Å². The standard InChI is InChI=1S/C14H18F2N2O2/c1-2-18-14(13(17)19)6-5-10(8-14)20-12-7-9(15)3-4-11(12)16/h3-4,7,10,18H,2,5-6,8H2,1H3,(H2,17,19). The van der Waals surface area contributed by atoms with Crippen molar-refractivity contribution >= 4 is 5.91 Å². The summed E-state index contributed by atoms with van der Waals surface area (Å²) >= 11 is 0. The smallest absolute Gasteiger partial charge is 0.237 e. The Kier molecular flexibility index (Phi) is 4.23. The molecule has 1 aromatic carbocycles. The third-order valence-corrected chi connectivity index (χ3v) is 3.64. The van der Waals surface area contributed by atoms with Crippen molar-refractivity contribution in [2.24, 2.45) is 5.73 Å². The lowest BCUT2D eigenvalue weighted by Crippen LogP contribution is -2.54. The zero-order valence-corrected chi connectivity index (χ0v) is 11.3. The fourth-order valence-electron chi connectivity index (χ4n) is 2.66. The van der Waals surface area contributed by atoms with Crippen LogP contribution in [0, 0.1) is 11.6 Å². The number of nitrogens with two attached hydrogens (primary N) is 1. The van der Waals surface area contributed by atoms with Crippen molar-refractivity contribution in [1.82, 2.24) is 5.32 Å². The van der Waals surface area contributed by atoms with E-state index in [9.17, 15) is 13.6 Å². The molecule has 2 unspecified atom stereocenters. The Hall–Kier alpha value is -1.69. The zero-order chi connectivity index (χ0) is 14.8. The maximum atomic E-state index is 13.5. The van der Waals surface area contributed by atoms with Crippen molar-refractivity contribution in [1.29, 1.82) is 0 Å². The lowest BCUT2D eigenvalue weighted by molar-refractivity contribution is -0.124. The van der Waals surface area contributed by atoms with Crippen LogP contribution in [0.1, 0.15) is 26.2 Å². The lowest BCUT2D eigenvalue weighted by Gasteiger charge is -2.26. The minimum absolute atomic E-state index is 0.133. The van der Waals surface area contributed by atoms with Crippen LogP contribution in [0.25, 0.3) is 0 Å². The molecule has 0 spiro atoms. The van der Waals surface area contributed by atoms with E-state index in [-0.39, 0.29) is 11.9 Å². The summed E-state index contributed by atoms with van der Waals surface area (Å²) in [4.78, 5) is 11.6. The van der Waals surface area contributed by atoms with E-state index in [4.69, 9.17) is 10.5 Å². The van der Waals surface area contributed by atoms with E-state index in [1.807, 2.05) is 6.92 Å². The van der Waals surface area contributed by atoms with Crippen LogP contribution in [0.15, 0.2) is 18.2 Å². The molecule has 4 nitrogen and oxygen atoms in total. The van der Waals surface area contributed by atoms with E-state index in [0.717, 1.165) is 18.2 Å². The molecule has 20 heavy (non-hydrogen) atoms. The topological polar surface area (TPSA) is 64.3 Å². The SMILES string of the molecule is CCNC1(C(N)=O)CCC(Oc2cc(F)ccc2F)C1. The van der Waals surface area contributed by atoms with Crippen LogP contribution in [0.2, 0.25) is 0 Å². The van der Waals surface area contributed by atoms with Crippen molar-refractivity contribution in [2.45, 2.75) is 37.8 Å². The molecule has 1 fully saturated rings. The highest BCUT2D eigenvalue weighted by Crippen LogP contribution is 2.33. The number of primary amides is 1. The number of carbonyl (C=O) groups excluding carboxylic acids is 1. The van der Waals surface area contributed by atoms with Gasteiger partial charge in [0.05, 0.1) is 0 Å². The molecule has 0 aliphatic heterocycles. The van der Waals surface area contributed by atoms with Gasteiger partial charge in [-0.15, -0.1) is 0 Å². The highest BCUT2D eigenvalue weighted by molar-refractivity contribution is 5.85. The predicted octanol–water partition coefficient (Wildman–Crippen LogP) is 1.73. The maximum Gasteiger partial charge on any atom is 0.237 e. The van der Waals surface area contributed by atoms with Crippen LogP contribution in [0.4, 0.5) is 8.78 Å². The lowest BCUT2D eigenvalue weighted by atomic mass is 9.96. The predicted molar refractivity (Wildman–Crippen MR) is 70.2 cm³/mol. The van der Waals surface area contributed by atoms with Crippen LogP contribution in [0.3, 0.4) is 0 Å². The monoisotopic (exact) mass is 284 g/mol. The fourth-order valence-corrected chi connectivity index (χ4v) is 2.66. The number of nitrogens with one attached hydrogen (secondary N) is 1. The highest BCUT2D eigenvalue weighted by atomic mass is 19.1. The van der Waals surface area contributed by atoms with Gasteiger partial charge in [0.15, 0.2) is 11.6 Å². The van der Waals surface area contributed by atoms with Gasteiger partial charge >= 0.3 is 0 Å². The van der Waals surface area contributed by atoms with E-state index < -0.39 is 23.1 Å². The Labute approximate surface area is 116 Å². The van der Waals surface area contributed by atoms with E-state index in [1.54, 1.807) is 0 Å². The van der Waals surface area contributed by atoms with Gasteiger partial charge in [0.1, 0.15) is 17.5 Å². The number of halogens is 2. The maximum absolute atomic E-state index is 13.5. The minimum Gasteiger partial charge on any atom is -0.487 e. The molecule has 1 aromatic rings. The summed E-state index contributed by atoms with van der Waals surface area (Å²) in [5, 5.41) is 3.08. The average molecular weight is 284 g/mol. The molecular weight excluding hydrogens is 266 g/mol. The third-order valence-electron chi connectivity index (χ3n) is 3.64. The molecule has 1 aliphatic carbocycles. The number of benzene rings is 1. The van der Waals surface area contributed by atoms with Gasteiger partial charge in [-0.05, 0) is 31.5 Å². The first-order valence-corrected chi connectivity index (χ1v) is 6.63. The van der Waals surface area contributed by atoms with Gasteiger partial charge in [0, 0.05) is 12.5 Å². The summed E-state index contributed by atoms with van der Waals surface area (Å²) in [5.41, 5.74) is 4.62. The van der Waals surface area contributed by atoms with Gasteiger partial charge in [-0.2, -0.15) is 0 Å². The molecule has 3 N–H and O–H groups in total. The summed E-state index contributed by atoms with van der Waals surface area (Å²) in [7, 11) is 0. The summed E-state index contributed by atoms with van der Waals surface area (Å²) in [6.45, 7) is 2.48. The molecule has 2 atom stereocenters. The third kappa shape index (κ3) is 2.90. The summed E-state index contributed by atoms with van der Waals surface area (Å²) < 4.78 is 32.1. The van der Waals surface area contributed by atoms with E-state index in [0.29, 0.717) is 25.8 Å². The fraction of sp³-hybridized carbons (Fsp3) is 0.500. The van der Waals surface area contributed by atoms with Crippen molar-refractivity contribution in [3.8, 4) is 5.75 Å². The molecule has 1 amide bonds. The van der Waals surface area contributed by atoms with Crippen LogP contribution in [-0.4, -0.2) is 24.1 Å². The van der Waals surface area contributed by atoms with Crippen molar-refractivity contribution in [3.63, 3.8) is 0 Å². The Morgan fingerprint density at radius 2 is 2.30 bits per heavy atom. The molecular formula is C14H18F2N2O2. The van der Waals surface area contributed by atoms with Gasteiger partial charge in [-0.3, -0.25) is 4.79 Å². The second-order valence-electron chi connectivity index (χ2n) is 5.03. The van der Waals surface area contributed by atoms with Gasteiger partial charge in [-0.1, -0.05) is 6.92 Å². The first kappa shape index (κ1) is 14.7. The first-order valence-electron chi connectivity index (χ1n) is 6.63. The van der Waals surface area contributed by atoms with Crippen LogP contribution >= 0.6 is 0 Å². The number of rotatable bonds is 5. The zero-order valence-electron chi connectivity index (χ0n) is 11.3. The molecule has 0 bridgehead atoms. The van der Waals surface area contributed by atoms with Crippen LogP contribution in [0.5, 0.6) is 5.75 Å². The molecule has 1 saturated carbocycles. The Morgan fingerprint density at radius 3 is 2.95 bits per heavy atom. The number of ether oxygens (including phenoxy) is 1. The minimum atomic E-state index is -0.816. The second kappa shape index (κ2) is 5.75. The Morgan fingerprint density at radius 1 is 1.55 bits per heavy atom. The highest BCUT2D eigenvalue weighted by Gasteiger charge is 2.44. The largest absolute Gasteiger partial charge is 0.487 e. The van der Waals surface area contributed by atoms with Gasteiger partial charge in [0.25, 0.3) is 0 Å². The quantitative estimate of drug-likeness (QED) is 0.865. The van der Waals surface area contributed by atoms with E-state index in [2.05, 4.69) is 5.32 Å². The Bertz CT molecular complexity index is 510. The molecule has 1 aliphatic rings. The summed E-state index contributed by atoms with van der Waals surface area (Å²) in [6, 6.07) is 3.06. The molecule has 6 heteroatoms. The normalized spacial score (nSPS) is 25.6. The summed E-state index contributed by atoms with van der Waals surface area (Å²) in [5.74, 6) is -1.75. The van der Waals surface area contributed by atoms with E-state index >= 15 is 0 Å². The molecule has 2 rings (SSSR count). The van der Waals surface area contributed by atoms with Gasteiger partial charge in [0.2, 0.25) is 5.91 Å². The molecule has 0 radical (unpaired) electrons. The number of likely N-dealkylation sites (N-methyl/N-ethyl adjacent to an activating group) is 1. The van der Waals surface area contributed by atoms with E-state index in [1.165, 1.54) is 0 Å². The first-order chi connectivity index (χ1) is 9.47. The van der Waals surface area contributed by atoms with Gasteiger partial charge in [-0.25, -0.2) is 8.78 Å². The Balaban J connectivity index is 2.09. The number of hydrogen-bond donors (Lipinski definition) is 2. The number of carbonyl (C=O) groups is 1. The van der Waals surface area contributed by atoms with Gasteiger partial charge < -0.3 is 15.8 Å². The molecule has 0 saturated heterocycles. The molecule has 0 aromatic heterocycles. The van der Waals surface area contributed by atoms with Crippen LogP contribution in [-0.2, 0) is 4.79 Å².